The van der Waals surface area contributed by atoms with E-state index in [2.05, 4.69) is 45.1 Å². The molecule has 7 heteroatoms. The number of aromatic nitrogens is 4. The zero-order valence-electron chi connectivity index (χ0n) is 13.0. The minimum Gasteiger partial charge on any atom is -0.373 e. The third kappa shape index (κ3) is 4.35. The first-order valence-corrected chi connectivity index (χ1v) is 8.00. The summed E-state index contributed by atoms with van der Waals surface area (Å²) >= 11 is 0. The van der Waals surface area contributed by atoms with Crippen LogP contribution in [0.4, 0.5) is 0 Å². The number of carbonyl (C=O) groups is 1. The van der Waals surface area contributed by atoms with Gasteiger partial charge in [0.05, 0.1) is 6.10 Å². The van der Waals surface area contributed by atoms with E-state index in [-0.39, 0.29) is 18.6 Å². The number of hydrogen-bond donors (Lipinski definition) is 1. The lowest BCUT2D eigenvalue weighted by molar-refractivity contribution is -0.121. The van der Waals surface area contributed by atoms with Crippen molar-refractivity contribution in [1.82, 2.24) is 25.5 Å². The summed E-state index contributed by atoms with van der Waals surface area (Å²) in [6.07, 6.45) is 5.79. The fourth-order valence-corrected chi connectivity index (χ4v) is 2.86. The van der Waals surface area contributed by atoms with Crippen molar-refractivity contribution < 1.29 is 9.53 Å². The normalized spacial score (nSPS) is 16.8. The van der Waals surface area contributed by atoms with E-state index >= 15 is 0 Å². The van der Waals surface area contributed by atoms with Crippen molar-refractivity contribution in [3.05, 3.63) is 41.7 Å². The Morgan fingerprint density at radius 1 is 1.39 bits per heavy atom. The smallest absolute Gasteiger partial charge is 0.241 e. The highest BCUT2D eigenvalue weighted by atomic mass is 16.5. The van der Waals surface area contributed by atoms with E-state index in [4.69, 9.17) is 4.74 Å². The van der Waals surface area contributed by atoms with Gasteiger partial charge < -0.3 is 10.1 Å². The number of hydrogen-bond acceptors (Lipinski definition) is 5. The number of fused-ring (bicyclic) bond motifs is 1. The van der Waals surface area contributed by atoms with Crippen LogP contribution in [0.5, 0.6) is 0 Å². The van der Waals surface area contributed by atoms with E-state index in [0.717, 1.165) is 19.3 Å². The predicted molar refractivity (Wildman–Crippen MR) is 83.5 cm³/mol. The average Bonchev–Trinajstić information content (AvgIpc) is 3.07. The van der Waals surface area contributed by atoms with Crippen LogP contribution in [0.3, 0.4) is 0 Å². The maximum absolute atomic E-state index is 11.7. The van der Waals surface area contributed by atoms with Crippen LogP contribution in [-0.2, 0) is 22.5 Å². The van der Waals surface area contributed by atoms with Gasteiger partial charge in [-0.05, 0) is 47.2 Å². The summed E-state index contributed by atoms with van der Waals surface area (Å²) < 4.78 is 7.40. The maximum Gasteiger partial charge on any atom is 0.241 e. The van der Waals surface area contributed by atoms with Crippen LogP contribution in [0.15, 0.2) is 30.6 Å². The van der Waals surface area contributed by atoms with E-state index in [9.17, 15) is 4.79 Å². The Labute approximate surface area is 135 Å². The molecule has 1 aliphatic carbocycles. The summed E-state index contributed by atoms with van der Waals surface area (Å²) in [6.45, 7) is 1.38. The van der Waals surface area contributed by atoms with E-state index in [1.165, 1.54) is 28.6 Å². The minimum atomic E-state index is -0.0969. The summed E-state index contributed by atoms with van der Waals surface area (Å²) in [4.78, 5) is 11.7. The third-order valence-electron chi connectivity index (χ3n) is 3.97. The van der Waals surface area contributed by atoms with Gasteiger partial charge in [-0.1, -0.05) is 24.3 Å². The van der Waals surface area contributed by atoms with Gasteiger partial charge in [0, 0.05) is 13.2 Å². The quantitative estimate of drug-likeness (QED) is 0.778. The molecule has 1 atom stereocenters. The summed E-state index contributed by atoms with van der Waals surface area (Å²) in [5.74, 6) is -0.0969. The number of rotatable bonds is 7. The van der Waals surface area contributed by atoms with Crippen molar-refractivity contribution in [2.75, 3.05) is 13.2 Å². The molecule has 1 aromatic carbocycles. The van der Waals surface area contributed by atoms with Crippen LogP contribution in [0.2, 0.25) is 0 Å². The second-order valence-electron chi connectivity index (χ2n) is 5.66. The van der Waals surface area contributed by atoms with Gasteiger partial charge in [-0.2, -0.15) is 0 Å². The molecule has 0 saturated heterocycles. The molecule has 1 N–H and O–H groups in total. The molecule has 0 spiro atoms. The molecule has 0 radical (unpaired) electrons. The van der Waals surface area contributed by atoms with Gasteiger partial charge in [0.15, 0.2) is 0 Å². The van der Waals surface area contributed by atoms with Crippen molar-refractivity contribution in [3.63, 3.8) is 0 Å². The molecule has 1 amide bonds. The monoisotopic (exact) mass is 315 g/mol. The van der Waals surface area contributed by atoms with Gasteiger partial charge in [-0.15, -0.1) is 5.10 Å². The Morgan fingerprint density at radius 2 is 2.30 bits per heavy atom. The summed E-state index contributed by atoms with van der Waals surface area (Å²) in [7, 11) is 0. The number of tetrazole rings is 1. The van der Waals surface area contributed by atoms with Crippen LogP contribution in [0.25, 0.3) is 0 Å². The molecule has 0 fully saturated rings. The number of carbonyl (C=O) groups excluding carboxylic acids is 1. The molecule has 7 nitrogen and oxygen atoms in total. The van der Waals surface area contributed by atoms with E-state index in [1.807, 2.05) is 0 Å². The van der Waals surface area contributed by atoms with Gasteiger partial charge in [0.25, 0.3) is 0 Å². The SMILES string of the molecule is O=C(Cn1cnnn1)NCCCO[C@H]1CCCc2ccccc21. The molecule has 122 valence electrons. The molecule has 1 aromatic heterocycles. The first-order valence-electron chi connectivity index (χ1n) is 8.00. The average molecular weight is 315 g/mol. The highest BCUT2D eigenvalue weighted by Crippen LogP contribution is 2.32. The Balaban J connectivity index is 1.35. The maximum atomic E-state index is 11.7. The number of nitrogens with one attached hydrogen (secondary N) is 1. The van der Waals surface area contributed by atoms with Gasteiger partial charge >= 0.3 is 0 Å². The van der Waals surface area contributed by atoms with Crippen molar-refractivity contribution >= 4 is 5.91 Å². The summed E-state index contributed by atoms with van der Waals surface area (Å²) in [5, 5.41) is 13.5. The second-order valence-corrected chi connectivity index (χ2v) is 5.66. The number of nitrogens with zero attached hydrogens (tertiary/aromatic N) is 4. The largest absolute Gasteiger partial charge is 0.373 e. The standard InChI is InChI=1S/C16H21N5O2/c22-16(11-21-12-18-19-20-21)17-9-4-10-23-15-8-3-6-13-5-1-2-7-14(13)15/h1-2,5,7,12,15H,3-4,6,8-11H2,(H,17,22)/t15-/m0/s1. The molecule has 0 saturated carbocycles. The molecule has 1 heterocycles. The highest BCUT2D eigenvalue weighted by Gasteiger charge is 2.19. The number of amides is 1. The van der Waals surface area contributed by atoms with Crippen LogP contribution in [-0.4, -0.2) is 39.3 Å². The van der Waals surface area contributed by atoms with Crippen LogP contribution in [0.1, 0.15) is 36.5 Å². The lowest BCUT2D eigenvalue weighted by Gasteiger charge is -2.25. The molecule has 0 aliphatic heterocycles. The number of aryl methyl sites for hydroxylation is 1. The Morgan fingerprint density at radius 3 is 3.17 bits per heavy atom. The molecule has 0 bridgehead atoms. The predicted octanol–water partition coefficient (Wildman–Crippen LogP) is 1.27. The zero-order valence-corrected chi connectivity index (χ0v) is 13.0. The Bertz CT molecular complexity index is 629. The van der Waals surface area contributed by atoms with E-state index in [1.54, 1.807) is 0 Å². The fraction of sp³-hybridized carbons (Fsp3) is 0.500. The van der Waals surface area contributed by atoms with E-state index < -0.39 is 0 Å². The van der Waals surface area contributed by atoms with Crippen molar-refractivity contribution in [3.8, 4) is 0 Å². The topological polar surface area (TPSA) is 81.9 Å². The third-order valence-corrected chi connectivity index (χ3v) is 3.97. The summed E-state index contributed by atoms with van der Waals surface area (Å²) in [6, 6.07) is 8.50. The number of ether oxygens (including phenoxy) is 1. The lowest BCUT2D eigenvalue weighted by Crippen LogP contribution is -2.29. The lowest BCUT2D eigenvalue weighted by atomic mass is 9.89. The highest BCUT2D eigenvalue weighted by molar-refractivity contribution is 5.75. The zero-order chi connectivity index (χ0) is 15.9. The van der Waals surface area contributed by atoms with Gasteiger partial charge in [0.2, 0.25) is 5.91 Å². The number of benzene rings is 1. The van der Waals surface area contributed by atoms with E-state index in [0.29, 0.717) is 13.2 Å². The molecule has 2 aromatic rings. The van der Waals surface area contributed by atoms with Crippen LogP contribution < -0.4 is 5.32 Å². The Hall–Kier alpha value is -2.28. The first kappa shape index (κ1) is 15.6. The molecule has 1 aliphatic rings. The van der Waals surface area contributed by atoms with Gasteiger partial charge in [0.1, 0.15) is 12.9 Å². The van der Waals surface area contributed by atoms with Gasteiger partial charge in [-0.25, -0.2) is 4.68 Å². The molecular weight excluding hydrogens is 294 g/mol. The van der Waals surface area contributed by atoms with Gasteiger partial charge in [-0.3, -0.25) is 4.79 Å². The van der Waals surface area contributed by atoms with Crippen molar-refractivity contribution in [2.24, 2.45) is 0 Å². The fourth-order valence-electron chi connectivity index (χ4n) is 2.86. The van der Waals surface area contributed by atoms with Crippen LogP contribution in [0, 0.1) is 0 Å². The first-order chi connectivity index (χ1) is 11.3. The molecule has 0 unspecified atom stereocenters. The second kappa shape index (κ2) is 7.82. The summed E-state index contributed by atoms with van der Waals surface area (Å²) in [5.41, 5.74) is 2.72. The van der Waals surface area contributed by atoms with Crippen molar-refractivity contribution in [2.45, 2.75) is 38.3 Å². The molecule has 23 heavy (non-hydrogen) atoms. The molecule has 3 rings (SSSR count). The Kier molecular flexibility index (Phi) is 5.31. The minimum absolute atomic E-state index is 0.0969. The molecular formula is C16H21N5O2. The van der Waals surface area contributed by atoms with Crippen molar-refractivity contribution in [1.29, 1.82) is 0 Å². The van der Waals surface area contributed by atoms with Crippen LogP contribution >= 0.6 is 0 Å².